The van der Waals surface area contributed by atoms with Crippen molar-refractivity contribution in [1.29, 1.82) is 0 Å². The molecule has 1 saturated heterocycles. The minimum atomic E-state index is 0.760. The van der Waals surface area contributed by atoms with Crippen LogP contribution in [0.3, 0.4) is 0 Å². The average Bonchev–Trinajstić information content (AvgIpc) is 3.31. The smallest absolute Gasteiger partial charge is 0.154 e. The fourth-order valence-electron chi connectivity index (χ4n) is 4.59. The number of hydrogen-bond donors (Lipinski definition) is 0. The molecule has 0 saturated carbocycles. The fourth-order valence-corrected chi connectivity index (χ4v) is 4.59. The van der Waals surface area contributed by atoms with Gasteiger partial charge in [-0.3, -0.25) is 0 Å². The number of rotatable bonds is 7. The van der Waals surface area contributed by atoms with Crippen molar-refractivity contribution in [3.63, 3.8) is 0 Å². The van der Waals surface area contributed by atoms with E-state index in [0.29, 0.717) is 0 Å². The number of benzene rings is 2. The van der Waals surface area contributed by atoms with E-state index in [1.54, 1.807) is 0 Å². The first-order valence-electron chi connectivity index (χ1n) is 12.3. The SMILES string of the molecule is CCCCOc1ccc(-c2cc3c(N4CCN(c5cccc(C)c5C)CC4)nccn3n2)cc1. The van der Waals surface area contributed by atoms with Crippen LogP contribution in [0, 0.1) is 13.8 Å². The Labute approximate surface area is 201 Å². The monoisotopic (exact) mass is 455 g/mol. The van der Waals surface area contributed by atoms with E-state index in [1.165, 1.54) is 16.8 Å². The summed E-state index contributed by atoms with van der Waals surface area (Å²) in [5.41, 5.74) is 7.14. The Balaban J connectivity index is 1.33. The van der Waals surface area contributed by atoms with Gasteiger partial charge in [-0.1, -0.05) is 25.5 Å². The van der Waals surface area contributed by atoms with Gasteiger partial charge in [-0.25, -0.2) is 9.50 Å². The molecule has 0 atom stereocenters. The summed E-state index contributed by atoms with van der Waals surface area (Å²) in [6.45, 7) is 11.2. The van der Waals surface area contributed by atoms with Crippen LogP contribution in [0.5, 0.6) is 5.75 Å². The molecule has 0 N–H and O–H groups in total. The fraction of sp³-hybridized carbons (Fsp3) is 0.357. The highest BCUT2D eigenvalue weighted by atomic mass is 16.5. The van der Waals surface area contributed by atoms with Crippen molar-refractivity contribution in [3.8, 4) is 17.0 Å². The summed E-state index contributed by atoms with van der Waals surface area (Å²) in [5, 5.41) is 4.83. The first-order chi connectivity index (χ1) is 16.6. The van der Waals surface area contributed by atoms with Gasteiger partial charge in [0, 0.05) is 49.8 Å². The van der Waals surface area contributed by atoms with Gasteiger partial charge in [-0.2, -0.15) is 5.10 Å². The van der Waals surface area contributed by atoms with Crippen molar-refractivity contribution in [3.05, 3.63) is 72.1 Å². The number of hydrogen-bond acceptors (Lipinski definition) is 5. The van der Waals surface area contributed by atoms with Crippen molar-refractivity contribution in [2.24, 2.45) is 0 Å². The summed E-state index contributed by atoms with van der Waals surface area (Å²) >= 11 is 0. The molecule has 1 aliphatic rings. The number of aromatic nitrogens is 3. The minimum Gasteiger partial charge on any atom is -0.494 e. The van der Waals surface area contributed by atoms with E-state index in [2.05, 4.69) is 67.0 Å². The molecule has 2 aromatic carbocycles. The molecule has 6 heteroatoms. The highest BCUT2D eigenvalue weighted by Gasteiger charge is 2.22. The Morgan fingerprint density at radius 2 is 1.71 bits per heavy atom. The standard InChI is InChI=1S/C28H33N5O/c1-4-5-19-34-24-11-9-23(10-12-24)25-20-27-28(29-13-14-33(27)30-25)32-17-15-31(16-18-32)26-8-6-7-21(2)22(26)3/h6-14,20H,4-5,15-19H2,1-3H3. The summed E-state index contributed by atoms with van der Waals surface area (Å²) in [5.74, 6) is 1.91. The maximum Gasteiger partial charge on any atom is 0.154 e. The molecule has 0 amide bonds. The molecule has 6 nitrogen and oxygen atoms in total. The van der Waals surface area contributed by atoms with Crippen LogP contribution in [0.2, 0.25) is 0 Å². The number of anilines is 2. The van der Waals surface area contributed by atoms with Gasteiger partial charge in [0.2, 0.25) is 0 Å². The quantitative estimate of drug-likeness (QED) is 0.344. The lowest BCUT2D eigenvalue weighted by Gasteiger charge is -2.37. The number of aryl methyl sites for hydroxylation is 1. The highest BCUT2D eigenvalue weighted by Crippen LogP contribution is 2.29. The normalized spacial score (nSPS) is 14.1. The topological polar surface area (TPSA) is 45.9 Å². The molecule has 1 aliphatic heterocycles. The van der Waals surface area contributed by atoms with Crippen LogP contribution in [0.1, 0.15) is 30.9 Å². The molecule has 0 spiro atoms. The zero-order valence-electron chi connectivity index (χ0n) is 20.4. The molecule has 176 valence electrons. The number of piperazine rings is 1. The molecule has 0 bridgehead atoms. The van der Waals surface area contributed by atoms with Gasteiger partial charge < -0.3 is 14.5 Å². The van der Waals surface area contributed by atoms with Gasteiger partial charge in [-0.15, -0.1) is 0 Å². The van der Waals surface area contributed by atoms with E-state index in [9.17, 15) is 0 Å². The van der Waals surface area contributed by atoms with Crippen LogP contribution >= 0.6 is 0 Å². The second-order valence-electron chi connectivity index (χ2n) is 9.03. The maximum atomic E-state index is 5.80. The van der Waals surface area contributed by atoms with Crippen LogP contribution in [0.15, 0.2) is 60.9 Å². The van der Waals surface area contributed by atoms with E-state index in [-0.39, 0.29) is 0 Å². The van der Waals surface area contributed by atoms with Crippen LogP contribution in [-0.2, 0) is 0 Å². The van der Waals surface area contributed by atoms with E-state index in [4.69, 9.17) is 14.8 Å². The molecule has 0 aliphatic carbocycles. The van der Waals surface area contributed by atoms with Crippen LogP contribution in [0.25, 0.3) is 16.8 Å². The van der Waals surface area contributed by atoms with Gasteiger partial charge in [-0.05, 0) is 67.8 Å². The Bertz CT molecular complexity index is 1260. The lowest BCUT2D eigenvalue weighted by atomic mass is 10.1. The summed E-state index contributed by atoms with van der Waals surface area (Å²) in [6.07, 6.45) is 5.98. The lowest BCUT2D eigenvalue weighted by molar-refractivity contribution is 0.309. The largest absolute Gasteiger partial charge is 0.494 e. The Morgan fingerprint density at radius 1 is 0.941 bits per heavy atom. The van der Waals surface area contributed by atoms with Crippen molar-refractivity contribution < 1.29 is 4.74 Å². The molecule has 1 fully saturated rings. The summed E-state index contributed by atoms with van der Waals surface area (Å²) < 4.78 is 7.75. The zero-order chi connectivity index (χ0) is 23.5. The molecule has 0 unspecified atom stereocenters. The number of nitrogens with zero attached hydrogens (tertiary/aromatic N) is 5. The van der Waals surface area contributed by atoms with Crippen LogP contribution < -0.4 is 14.5 Å². The van der Waals surface area contributed by atoms with Crippen molar-refractivity contribution in [2.75, 3.05) is 42.6 Å². The van der Waals surface area contributed by atoms with Gasteiger partial charge in [0.25, 0.3) is 0 Å². The molecular formula is C28H33N5O. The van der Waals surface area contributed by atoms with Crippen LogP contribution in [-0.4, -0.2) is 47.4 Å². The Kier molecular flexibility index (Phi) is 6.39. The van der Waals surface area contributed by atoms with E-state index < -0.39 is 0 Å². The number of ether oxygens (including phenoxy) is 1. The third-order valence-corrected chi connectivity index (χ3v) is 6.78. The van der Waals surface area contributed by atoms with Crippen molar-refractivity contribution in [1.82, 2.24) is 14.6 Å². The number of unbranched alkanes of at least 4 members (excludes halogenated alkanes) is 1. The van der Waals surface area contributed by atoms with Crippen molar-refractivity contribution in [2.45, 2.75) is 33.6 Å². The Morgan fingerprint density at radius 3 is 2.47 bits per heavy atom. The summed E-state index contributed by atoms with van der Waals surface area (Å²) in [7, 11) is 0. The first kappa shape index (κ1) is 22.3. The zero-order valence-corrected chi connectivity index (χ0v) is 20.4. The lowest BCUT2D eigenvalue weighted by Crippen LogP contribution is -2.47. The predicted octanol–water partition coefficient (Wildman–Crippen LogP) is 5.52. The van der Waals surface area contributed by atoms with E-state index in [1.807, 2.05) is 29.0 Å². The van der Waals surface area contributed by atoms with Gasteiger partial charge in [0.05, 0.1) is 12.3 Å². The molecular weight excluding hydrogens is 422 g/mol. The van der Waals surface area contributed by atoms with Gasteiger partial charge >= 0.3 is 0 Å². The van der Waals surface area contributed by atoms with E-state index >= 15 is 0 Å². The maximum absolute atomic E-state index is 5.80. The van der Waals surface area contributed by atoms with Gasteiger partial charge in [0.1, 0.15) is 11.3 Å². The van der Waals surface area contributed by atoms with Crippen molar-refractivity contribution >= 4 is 17.0 Å². The predicted molar refractivity (Wildman–Crippen MR) is 139 cm³/mol. The molecule has 5 rings (SSSR count). The first-order valence-corrected chi connectivity index (χ1v) is 12.3. The summed E-state index contributed by atoms with van der Waals surface area (Å²) in [6, 6.07) is 16.9. The number of fused-ring (bicyclic) bond motifs is 1. The third kappa shape index (κ3) is 4.45. The molecule has 2 aromatic heterocycles. The second kappa shape index (κ2) is 9.75. The molecule has 34 heavy (non-hydrogen) atoms. The summed E-state index contributed by atoms with van der Waals surface area (Å²) in [4.78, 5) is 9.62. The van der Waals surface area contributed by atoms with E-state index in [0.717, 1.165) is 74.0 Å². The minimum absolute atomic E-state index is 0.760. The average molecular weight is 456 g/mol. The molecule has 4 aromatic rings. The highest BCUT2D eigenvalue weighted by molar-refractivity contribution is 5.75. The molecule has 0 radical (unpaired) electrons. The van der Waals surface area contributed by atoms with Gasteiger partial charge in [0.15, 0.2) is 5.82 Å². The third-order valence-electron chi connectivity index (χ3n) is 6.78. The molecule has 3 heterocycles. The second-order valence-corrected chi connectivity index (χ2v) is 9.03. The Hall–Kier alpha value is -3.54. The van der Waals surface area contributed by atoms with Crippen LogP contribution in [0.4, 0.5) is 11.5 Å².